The summed E-state index contributed by atoms with van der Waals surface area (Å²) in [5, 5.41) is 3.53. The van der Waals surface area contributed by atoms with Crippen molar-refractivity contribution in [1.82, 2.24) is 5.32 Å². The largest absolute Gasteiger partial charge is 0.366 e. The molecule has 4 nitrogen and oxygen atoms in total. The Morgan fingerprint density at radius 2 is 1.59 bits per heavy atom. The van der Waals surface area contributed by atoms with Gasteiger partial charge in [0.2, 0.25) is 5.91 Å². The zero-order valence-corrected chi connectivity index (χ0v) is 13.3. The van der Waals surface area contributed by atoms with Gasteiger partial charge in [0, 0.05) is 33.3 Å². The molecule has 6 heteroatoms. The molecule has 0 bridgehead atoms. The lowest BCUT2D eigenvalue weighted by Gasteiger charge is -2.06. The maximum atomic E-state index is 11.9. The minimum absolute atomic E-state index is 0.173. The van der Waals surface area contributed by atoms with Gasteiger partial charge in [0.1, 0.15) is 0 Å². The third kappa shape index (κ3) is 4.79. The summed E-state index contributed by atoms with van der Waals surface area (Å²) in [6.07, 6.45) is 0. The molecule has 22 heavy (non-hydrogen) atoms. The van der Waals surface area contributed by atoms with Gasteiger partial charge in [0.25, 0.3) is 5.91 Å². The lowest BCUT2D eigenvalue weighted by molar-refractivity contribution is 0.0953. The fraction of sp³-hybridized carbons (Fsp3) is 0.125. The lowest BCUT2D eigenvalue weighted by Crippen LogP contribution is -2.25. The first-order chi connectivity index (χ1) is 10.6. The Bertz CT molecular complexity index is 657. The summed E-state index contributed by atoms with van der Waals surface area (Å²) in [4.78, 5) is 24.0. The number of hydrogen-bond donors (Lipinski definition) is 2. The van der Waals surface area contributed by atoms with Crippen LogP contribution >= 0.6 is 23.4 Å². The molecule has 0 fully saturated rings. The van der Waals surface area contributed by atoms with Crippen LogP contribution in [0.3, 0.4) is 0 Å². The van der Waals surface area contributed by atoms with Gasteiger partial charge in [-0.2, -0.15) is 0 Å². The van der Waals surface area contributed by atoms with E-state index in [1.54, 1.807) is 36.0 Å². The molecule has 0 aromatic heterocycles. The second-order valence-electron chi connectivity index (χ2n) is 4.50. The molecule has 2 aromatic carbocycles. The number of benzene rings is 2. The molecule has 0 aliphatic rings. The number of hydrogen-bond acceptors (Lipinski definition) is 3. The summed E-state index contributed by atoms with van der Waals surface area (Å²) in [6, 6.07) is 13.8. The summed E-state index contributed by atoms with van der Waals surface area (Å²) in [7, 11) is 0. The van der Waals surface area contributed by atoms with Crippen molar-refractivity contribution in [2.24, 2.45) is 5.73 Å². The molecule has 0 spiro atoms. The van der Waals surface area contributed by atoms with Crippen molar-refractivity contribution in [3.8, 4) is 0 Å². The third-order valence-electron chi connectivity index (χ3n) is 2.90. The number of amides is 2. The maximum absolute atomic E-state index is 11.9. The molecular formula is C16H15ClN2O2S. The average molecular weight is 335 g/mol. The molecule has 0 atom stereocenters. The Hall–Kier alpha value is -1.98. The topological polar surface area (TPSA) is 72.2 Å². The van der Waals surface area contributed by atoms with Crippen LogP contribution in [0.4, 0.5) is 0 Å². The molecule has 0 unspecified atom stereocenters. The Balaban J connectivity index is 1.77. The number of nitrogens with one attached hydrogen (secondary N) is 1. The van der Waals surface area contributed by atoms with Gasteiger partial charge in [0.05, 0.1) is 0 Å². The van der Waals surface area contributed by atoms with E-state index >= 15 is 0 Å². The molecule has 0 saturated carbocycles. The normalized spacial score (nSPS) is 10.2. The summed E-state index contributed by atoms with van der Waals surface area (Å²) in [5.74, 6) is 0.0753. The van der Waals surface area contributed by atoms with Gasteiger partial charge in [-0.15, -0.1) is 11.8 Å². The number of carbonyl (C=O) groups excluding carboxylic acids is 2. The first kappa shape index (κ1) is 16.4. The molecule has 2 amide bonds. The SMILES string of the molecule is NC(=O)c1ccc(C(=O)NCCSc2ccc(Cl)cc2)cc1. The second kappa shape index (κ2) is 7.87. The van der Waals surface area contributed by atoms with E-state index in [1.165, 1.54) is 0 Å². The van der Waals surface area contributed by atoms with Crippen molar-refractivity contribution < 1.29 is 9.59 Å². The molecule has 0 radical (unpaired) electrons. The van der Waals surface area contributed by atoms with E-state index in [0.717, 1.165) is 10.6 Å². The Labute approximate surface area is 138 Å². The highest BCUT2D eigenvalue weighted by Gasteiger charge is 2.06. The molecule has 114 valence electrons. The van der Waals surface area contributed by atoms with E-state index in [0.29, 0.717) is 22.7 Å². The molecular weight excluding hydrogens is 320 g/mol. The van der Waals surface area contributed by atoms with Gasteiger partial charge in [-0.05, 0) is 48.5 Å². The van der Waals surface area contributed by atoms with Crippen LogP contribution in [-0.2, 0) is 0 Å². The van der Waals surface area contributed by atoms with E-state index < -0.39 is 5.91 Å². The van der Waals surface area contributed by atoms with Crippen LogP contribution in [-0.4, -0.2) is 24.1 Å². The van der Waals surface area contributed by atoms with Crippen LogP contribution in [0.1, 0.15) is 20.7 Å². The van der Waals surface area contributed by atoms with Crippen LogP contribution < -0.4 is 11.1 Å². The highest BCUT2D eigenvalue weighted by atomic mass is 35.5. The van der Waals surface area contributed by atoms with Gasteiger partial charge < -0.3 is 11.1 Å². The first-order valence-electron chi connectivity index (χ1n) is 6.62. The highest BCUT2D eigenvalue weighted by Crippen LogP contribution is 2.19. The highest BCUT2D eigenvalue weighted by molar-refractivity contribution is 7.99. The van der Waals surface area contributed by atoms with E-state index in [-0.39, 0.29) is 5.91 Å². The molecule has 0 aliphatic carbocycles. The zero-order chi connectivity index (χ0) is 15.9. The van der Waals surface area contributed by atoms with Crippen LogP contribution in [0.5, 0.6) is 0 Å². The Morgan fingerprint density at radius 3 is 2.18 bits per heavy atom. The maximum Gasteiger partial charge on any atom is 0.251 e. The predicted molar refractivity (Wildman–Crippen MR) is 89.5 cm³/mol. The predicted octanol–water partition coefficient (Wildman–Crippen LogP) is 2.96. The molecule has 2 aromatic rings. The van der Waals surface area contributed by atoms with Crippen LogP contribution in [0.2, 0.25) is 5.02 Å². The number of thioether (sulfide) groups is 1. The van der Waals surface area contributed by atoms with Crippen molar-refractivity contribution in [3.63, 3.8) is 0 Å². The Morgan fingerprint density at radius 1 is 1.00 bits per heavy atom. The lowest BCUT2D eigenvalue weighted by atomic mass is 10.1. The standard InChI is InChI=1S/C16H15ClN2O2S/c17-13-5-7-14(8-6-13)22-10-9-19-16(21)12-3-1-11(2-4-12)15(18)20/h1-8H,9-10H2,(H2,18,20)(H,19,21). The number of primary amides is 1. The smallest absolute Gasteiger partial charge is 0.251 e. The van der Waals surface area contributed by atoms with Crippen molar-refractivity contribution in [2.75, 3.05) is 12.3 Å². The molecule has 0 heterocycles. The van der Waals surface area contributed by atoms with Gasteiger partial charge in [-0.3, -0.25) is 9.59 Å². The molecule has 0 saturated heterocycles. The molecule has 0 aliphatic heterocycles. The van der Waals surface area contributed by atoms with E-state index in [2.05, 4.69) is 5.32 Å². The molecule has 2 rings (SSSR count). The minimum atomic E-state index is -0.508. The van der Waals surface area contributed by atoms with E-state index in [9.17, 15) is 9.59 Å². The minimum Gasteiger partial charge on any atom is -0.366 e. The van der Waals surface area contributed by atoms with Crippen LogP contribution in [0.15, 0.2) is 53.4 Å². The van der Waals surface area contributed by atoms with Crippen molar-refractivity contribution in [2.45, 2.75) is 4.90 Å². The van der Waals surface area contributed by atoms with Gasteiger partial charge in [-0.25, -0.2) is 0 Å². The fourth-order valence-corrected chi connectivity index (χ4v) is 2.65. The van der Waals surface area contributed by atoms with Gasteiger partial charge in [0.15, 0.2) is 0 Å². The van der Waals surface area contributed by atoms with Crippen molar-refractivity contribution in [3.05, 3.63) is 64.7 Å². The van der Waals surface area contributed by atoms with E-state index in [4.69, 9.17) is 17.3 Å². The summed E-state index contributed by atoms with van der Waals surface area (Å²) < 4.78 is 0. The number of carbonyl (C=O) groups is 2. The monoisotopic (exact) mass is 334 g/mol. The number of nitrogens with two attached hydrogens (primary N) is 1. The van der Waals surface area contributed by atoms with Gasteiger partial charge >= 0.3 is 0 Å². The summed E-state index contributed by atoms with van der Waals surface area (Å²) in [6.45, 7) is 0.545. The average Bonchev–Trinajstić information content (AvgIpc) is 2.53. The zero-order valence-electron chi connectivity index (χ0n) is 11.7. The molecule has 3 N–H and O–H groups in total. The fourth-order valence-electron chi connectivity index (χ4n) is 1.75. The summed E-state index contributed by atoms with van der Waals surface area (Å²) in [5.41, 5.74) is 6.04. The quantitative estimate of drug-likeness (QED) is 0.630. The van der Waals surface area contributed by atoms with Gasteiger partial charge in [-0.1, -0.05) is 11.6 Å². The second-order valence-corrected chi connectivity index (χ2v) is 6.10. The van der Waals surface area contributed by atoms with Crippen molar-refractivity contribution in [1.29, 1.82) is 0 Å². The third-order valence-corrected chi connectivity index (χ3v) is 4.17. The van der Waals surface area contributed by atoms with Crippen molar-refractivity contribution >= 4 is 35.2 Å². The Kier molecular flexibility index (Phi) is 5.86. The number of halogens is 1. The van der Waals surface area contributed by atoms with E-state index in [1.807, 2.05) is 24.3 Å². The first-order valence-corrected chi connectivity index (χ1v) is 7.99. The summed E-state index contributed by atoms with van der Waals surface area (Å²) >= 11 is 7.46. The number of rotatable bonds is 6. The van der Waals surface area contributed by atoms with Crippen LogP contribution in [0.25, 0.3) is 0 Å². The van der Waals surface area contributed by atoms with Crippen LogP contribution in [0, 0.1) is 0 Å².